The Labute approximate surface area is 77.5 Å². The number of carbonyl (C=O) groups is 2. The molecule has 0 aliphatic carbocycles. The zero-order chi connectivity index (χ0) is 10.1. The molecule has 0 fully saturated rings. The second-order valence-corrected chi connectivity index (χ2v) is 2.70. The van der Waals surface area contributed by atoms with Gasteiger partial charge in [0.15, 0.2) is 0 Å². The van der Waals surface area contributed by atoms with Crippen molar-refractivity contribution in [2.45, 2.75) is 19.3 Å². The topological polar surface area (TPSA) is 78.4 Å². The molecule has 0 aromatic rings. The Balaban J connectivity index is 3.08. The Bertz CT molecular complexity index is 171. The number of likely N-dealkylation sites (N-methyl/N-ethyl adjacent to an activating group) is 1. The highest BCUT2D eigenvalue weighted by Crippen LogP contribution is 1.92. The molecule has 0 aromatic carbocycles. The molecule has 0 aliphatic rings. The molecule has 0 spiro atoms. The van der Waals surface area contributed by atoms with Crippen molar-refractivity contribution in [3.8, 4) is 0 Å². The van der Waals surface area contributed by atoms with Crippen molar-refractivity contribution < 1.29 is 14.7 Å². The quantitative estimate of drug-likeness (QED) is 0.474. The van der Waals surface area contributed by atoms with Gasteiger partial charge in [0, 0.05) is 13.5 Å². The summed E-state index contributed by atoms with van der Waals surface area (Å²) >= 11 is 0. The maximum Gasteiger partial charge on any atom is 0.303 e. The largest absolute Gasteiger partial charge is 0.481 e. The number of unbranched alkanes of at least 4 members (excludes halogenated alkanes) is 1. The Morgan fingerprint density at radius 1 is 1.31 bits per heavy atom. The number of amides is 1. The van der Waals surface area contributed by atoms with Crippen LogP contribution in [0.1, 0.15) is 19.3 Å². The van der Waals surface area contributed by atoms with Gasteiger partial charge in [-0.1, -0.05) is 0 Å². The highest BCUT2D eigenvalue weighted by molar-refractivity contribution is 5.77. The van der Waals surface area contributed by atoms with Crippen LogP contribution in [0.25, 0.3) is 0 Å². The lowest BCUT2D eigenvalue weighted by molar-refractivity contribution is -0.137. The van der Waals surface area contributed by atoms with Gasteiger partial charge in [-0.15, -0.1) is 0 Å². The zero-order valence-corrected chi connectivity index (χ0v) is 7.80. The summed E-state index contributed by atoms with van der Waals surface area (Å²) in [5.41, 5.74) is 0. The third kappa shape index (κ3) is 8.81. The number of carboxylic acids is 1. The number of carbonyl (C=O) groups excluding carboxylic acids is 1. The van der Waals surface area contributed by atoms with Gasteiger partial charge in [-0.05, 0) is 19.4 Å². The van der Waals surface area contributed by atoms with E-state index in [-0.39, 0.29) is 12.3 Å². The highest BCUT2D eigenvalue weighted by Gasteiger charge is 1.97. The monoisotopic (exact) mass is 188 g/mol. The molecule has 1 amide bonds. The first-order valence-corrected chi connectivity index (χ1v) is 4.30. The SMILES string of the molecule is CNC(=O)CNCCCCC(=O)O. The molecule has 0 aliphatic heterocycles. The standard InChI is InChI=1S/C8H16N2O3/c1-9-7(11)6-10-5-3-2-4-8(12)13/h10H,2-6H2,1H3,(H,9,11)(H,12,13). The lowest BCUT2D eigenvalue weighted by Gasteiger charge is -2.02. The average molecular weight is 188 g/mol. The predicted octanol–water partition coefficient (Wildman–Crippen LogP) is -0.423. The van der Waals surface area contributed by atoms with Crippen molar-refractivity contribution in [2.24, 2.45) is 0 Å². The van der Waals surface area contributed by atoms with E-state index in [0.717, 1.165) is 6.42 Å². The van der Waals surface area contributed by atoms with E-state index in [1.54, 1.807) is 7.05 Å². The van der Waals surface area contributed by atoms with Crippen molar-refractivity contribution in [2.75, 3.05) is 20.1 Å². The van der Waals surface area contributed by atoms with Gasteiger partial charge in [0.05, 0.1) is 6.54 Å². The number of aliphatic carboxylic acids is 1. The Morgan fingerprint density at radius 2 is 2.00 bits per heavy atom. The minimum absolute atomic E-state index is 0.0572. The summed E-state index contributed by atoms with van der Waals surface area (Å²) < 4.78 is 0. The maximum atomic E-state index is 10.7. The van der Waals surface area contributed by atoms with Crippen molar-refractivity contribution in [3.05, 3.63) is 0 Å². The summed E-state index contributed by atoms with van der Waals surface area (Å²) in [6.07, 6.45) is 1.63. The fraction of sp³-hybridized carbons (Fsp3) is 0.750. The van der Waals surface area contributed by atoms with Gasteiger partial charge < -0.3 is 15.7 Å². The molecule has 0 radical (unpaired) electrons. The first-order chi connectivity index (χ1) is 6.16. The van der Waals surface area contributed by atoms with Crippen LogP contribution in [0.5, 0.6) is 0 Å². The van der Waals surface area contributed by atoms with E-state index in [0.29, 0.717) is 19.5 Å². The number of nitrogens with one attached hydrogen (secondary N) is 2. The number of rotatable bonds is 7. The van der Waals surface area contributed by atoms with Crippen LogP contribution in [0.3, 0.4) is 0 Å². The third-order valence-corrected chi connectivity index (χ3v) is 1.56. The van der Waals surface area contributed by atoms with Gasteiger partial charge in [0.2, 0.25) is 5.91 Å². The fourth-order valence-corrected chi connectivity index (χ4v) is 0.817. The molecule has 0 bridgehead atoms. The summed E-state index contributed by atoms with van der Waals surface area (Å²) in [5, 5.41) is 13.7. The van der Waals surface area contributed by atoms with Gasteiger partial charge >= 0.3 is 5.97 Å². The van der Waals surface area contributed by atoms with Crippen LogP contribution < -0.4 is 10.6 Å². The molecule has 0 rings (SSSR count). The van der Waals surface area contributed by atoms with Crippen molar-refractivity contribution in [1.29, 1.82) is 0 Å². The second kappa shape index (κ2) is 7.54. The molecule has 0 aromatic heterocycles. The average Bonchev–Trinajstić information content (AvgIpc) is 2.10. The van der Waals surface area contributed by atoms with Gasteiger partial charge in [0.25, 0.3) is 0 Å². The van der Waals surface area contributed by atoms with Gasteiger partial charge in [-0.2, -0.15) is 0 Å². The van der Waals surface area contributed by atoms with Crippen LogP contribution in [0.15, 0.2) is 0 Å². The minimum atomic E-state index is -0.772. The van der Waals surface area contributed by atoms with Crippen molar-refractivity contribution in [1.82, 2.24) is 10.6 Å². The third-order valence-electron chi connectivity index (χ3n) is 1.56. The lowest BCUT2D eigenvalue weighted by atomic mass is 10.2. The number of hydrogen-bond acceptors (Lipinski definition) is 3. The van der Waals surface area contributed by atoms with Crippen molar-refractivity contribution in [3.63, 3.8) is 0 Å². The van der Waals surface area contributed by atoms with Crippen LogP contribution in [-0.4, -0.2) is 37.1 Å². The molecule has 3 N–H and O–H groups in total. The van der Waals surface area contributed by atoms with Crippen molar-refractivity contribution >= 4 is 11.9 Å². The van der Waals surface area contributed by atoms with E-state index in [1.807, 2.05) is 0 Å². The van der Waals surface area contributed by atoms with Crippen LogP contribution in [0.4, 0.5) is 0 Å². The molecule has 0 saturated carbocycles. The van der Waals surface area contributed by atoms with Gasteiger partial charge in [-0.3, -0.25) is 9.59 Å². The first-order valence-electron chi connectivity index (χ1n) is 4.30. The van der Waals surface area contributed by atoms with E-state index >= 15 is 0 Å². The normalized spacial score (nSPS) is 9.62. The van der Waals surface area contributed by atoms with E-state index in [9.17, 15) is 9.59 Å². The Morgan fingerprint density at radius 3 is 2.54 bits per heavy atom. The summed E-state index contributed by atoms with van der Waals surface area (Å²) in [4.78, 5) is 20.8. The predicted molar refractivity (Wildman–Crippen MR) is 48.4 cm³/mol. The highest BCUT2D eigenvalue weighted by atomic mass is 16.4. The van der Waals surface area contributed by atoms with Gasteiger partial charge in [0.1, 0.15) is 0 Å². The summed E-state index contributed by atoms with van der Waals surface area (Å²) in [6.45, 7) is 0.976. The zero-order valence-electron chi connectivity index (χ0n) is 7.80. The summed E-state index contributed by atoms with van der Waals surface area (Å²) in [7, 11) is 1.58. The molecular weight excluding hydrogens is 172 g/mol. The van der Waals surface area contributed by atoms with Gasteiger partial charge in [-0.25, -0.2) is 0 Å². The van der Waals surface area contributed by atoms with Crippen LogP contribution in [0, 0.1) is 0 Å². The maximum absolute atomic E-state index is 10.7. The summed E-state index contributed by atoms with van der Waals surface area (Å²) in [5.74, 6) is -0.829. The molecule has 0 unspecified atom stereocenters. The number of carboxylic acid groups (broad SMARTS) is 1. The van der Waals surface area contributed by atoms with Crippen LogP contribution in [-0.2, 0) is 9.59 Å². The molecule has 5 heteroatoms. The lowest BCUT2D eigenvalue weighted by Crippen LogP contribution is -2.31. The first kappa shape index (κ1) is 11.9. The molecule has 0 heterocycles. The Hall–Kier alpha value is -1.10. The molecule has 13 heavy (non-hydrogen) atoms. The van der Waals surface area contributed by atoms with Crippen LogP contribution >= 0.6 is 0 Å². The summed E-state index contributed by atoms with van der Waals surface area (Å²) in [6, 6.07) is 0. The fourth-order valence-electron chi connectivity index (χ4n) is 0.817. The molecule has 76 valence electrons. The van der Waals surface area contributed by atoms with E-state index < -0.39 is 5.97 Å². The van der Waals surface area contributed by atoms with E-state index in [1.165, 1.54) is 0 Å². The number of hydrogen-bond donors (Lipinski definition) is 3. The van der Waals surface area contributed by atoms with E-state index in [2.05, 4.69) is 10.6 Å². The van der Waals surface area contributed by atoms with Crippen LogP contribution in [0.2, 0.25) is 0 Å². The Kier molecular flexibility index (Phi) is 6.91. The second-order valence-electron chi connectivity index (χ2n) is 2.70. The molecule has 0 atom stereocenters. The molecule has 5 nitrogen and oxygen atoms in total. The minimum Gasteiger partial charge on any atom is -0.481 e. The molecule has 0 saturated heterocycles. The van der Waals surface area contributed by atoms with E-state index in [4.69, 9.17) is 5.11 Å². The molecular formula is C8H16N2O3. The smallest absolute Gasteiger partial charge is 0.303 e.